The molecule has 0 aliphatic carbocycles. The summed E-state index contributed by atoms with van der Waals surface area (Å²) in [6.07, 6.45) is 0. The second-order valence-electron chi connectivity index (χ2n) is 6.98. The quantitative estimate of drug-likeness (QED) is 0.516. The summed E-state index contributed by atoms with van der Waals surface area (Å²) >= 11 is 1.42. The molecule has 0 radical (unpaired) electrons. The number of nitrogens with one attached hydrogen (secondary N) is 1. The van der Waals surface area contributed by atoms with Crippen LogP contribution in [-0.4, -0.2) is 25.8 Å². The highest BCUT2D eigenvalue weighted by Crippen LogP contribution is 2.27. The molecule has 6 heteroatoms. The molecule has 0 saturated carbocycles. The first-order valence-corrected chi connectivity index (χ1v) is 10.1. The van der Waals surface area contributed by atoms with E-state index in [-0.39, 0.29) is 11.2 Å². The largest absolute Gasteiger partial charge is 0.351 e. The summed E-state index contributed by atoms with van der Waals surface area (Å²) in [5.74, 6) is -0.0151. The smallest absolute Gasteiger partial charge is 0.233 e. The molecule has 0 aliphatic heterocycles. The van der Waals surface area contributed by atoms with Gasteiger partial charge in [-0.2, -0.15) is 0 Å². The number of nitrogens with zero attached hydrogens (tertiary/aromatic N) is 3. The number of thioether (sulfide) groups is 1. The van der Waals surface area contributed by atoms with E-state index in [1.165, 1.54) is 17.3 Å². The van der Waals surface area contributed by atoms with E-state index in [9.17, 15) is 4.79 Å². The number of aryl methyl sites for hydroxylation is 2. The summed E-state index contributed by atoms with van der Waals surface area (Å²) in [6, 6.07) is 18.4. The average Bonchev–Trinajstić information content (AvgIpc) is 3.10. The van der Waals surface area contributed by atoms with Gasteiger partial charge in [-0.25, -0.2) is 0 Å². The normalized spacial score (nSPS) is 12.4. The second-order valence-corrected chi connectivity index (χ2v) is 8.29. The van der Waals surface area contributed by atoms with Crippen molar-refractivity contribution in [2.24, 2.45) is 0 Å². The van der Waals surface area contributed by atoms with Crippen molar-refractivity contribution in [2.75, 3.05) is 0 Å². The Morgan fingerprint density at radius 1 is 1.11 bits per heavy atom. The fourth-order valence-electron chi connectivity index (χ4n) is 3.20. The van der Waals surface area contributed by atoms with E-state index in [2.05, 4.69) is 53.6 Å². The SMILES string of the molecule is Cc1ccc(CNC(=O)C(C)Sc2nnc3cc(C)c4ccccc4n23)cc1. The highest BCUT2D eigenvalue weighted by Gasteiger charge is 2.19. The van der Waals surface area contributed by atoms with Crippen LogP contribution in [0.15, 0.2) is 59.8 Å². The van der Waals surface area contributed by atoms with E-state index in [0.717, 1.165) is 32.8 Å². The summed E-state index contributed by atoms with van der Waals surface area (Å²) in [7, 11) is 0. The number of rotatable bonds is 5. The molecule has 1 unspecified atom stereocenters. The second kappa shape index (κ2) is 7.64. The Morgan fingerprint density at radius 2 is 1.86 bits per heavy atom. The molecule has 142 valence electrons. The van der Waals surface area contributed by atoms with Crippen molar-refractivity contribution >= 4 is 34.2 Å². The van der Waals surface area contributed by atoms with Gasteiger partial charge in [0, 0.05) is 11.9 Å². The van der Waals surface area contributed by atoms with E-state index in [1.54, 1.807) is 0 Å². The van der Waals surface area contributed by atoms with E-state index < -0.39 is 0 Å². The van der Waals surface area contributed by atoms with Crippen LogP contribution < -0.4 is 5.32 Å². The maximum Gasteiger partial charge on any atom is 0.233 e. The Balaban J connectivity index is 1.53. The molecular weight excluding hydrogens is 368 g/mol. The lowest BCUT2D eigenvalue weighted by molar-refractivity contribution is -0.120. The lowest BCUT2D eigenvalue weighted by atomic mass is 10.1. The van der Waals surface area contributed by atoms with E-state index in [4.69, 9.17) is 0 Å². The van der Waals surface area contributed by atoms with Gasteiger partial charge in [0.1, 0.15) is 0 Å². The number of hydrogen-bond donors (Lipinski definition) is 1. The van der Waals surface area contributed by atoms with Crippen LogP contribution in [0.25, 0.3) is 16.6 Å². The number of pyridine rings is 1. The van der Waals surface area contributed by atoms with E-state index in [0.29, 0.717) is 6.54 Å². The first kappa shape index (κ1) is 18.5. The molecule has 0 saturated heterocycles. The van der Waals surface area contributed by atoms with Crippen LogP contribution >= 0.6 is 11.8 Å². The molecular formula is C22H22N4OS. The van der Waals surface area contributed by atoms with Gasteiger partial charge in [0.05, 0.1) is 10.8 Å². The van der Waals surface area contributed by atoms with Crippen molar-refractivity contribution in [3.8, 4) is 0 Å². The fraction of sp³-hybridized carbons (Fsp3) is 0.227. The van der Waals surface area contributed by atoms with Crippen LogP contribution in [0.5, 0.6) is 0 Å². The average molecular weight is 391 g/mol. The number of aromatic nitrogens is 3. The van der Waals surface area contributed by atoms with Crippen molar-refractivity contribution < 1.29 is 4.79 Å². The summed E-state index contributed by atoms with van der Waals surface area (Å²) < 4.78 is 2.02. The monoisotopic (exact) mass is 390 g/mol. The Bertz CT molecular complexity index is 1150. The molecule has 4 rings (SSSR count). The molecule has 4 aromatic rings. The number of fused-ring (bicyclic) bond motifs is 3. The Labute approximate surface area is 168 Å². The minimum atomic E-state index is -0.280. The first-order valence-electron chi connectivity index (χ1n) is 9.26. The molecule has 1 amide bonds. The molecule has 0 bridgehead atoms. The van der Waals surface area contributed by atoms with Gasteiger partial charge in [0.15, 0.2) is 10.8 Å². The highest BCUT2D eigenvalue weighted by molar-refractivity contribution is 8.00. The summed E-state index contributed by atoms with van der Waals surface area (Å²) in [5, 5.41) is 13.3. The topological polar surface area (TPSA) is 59.3 Å². The number of carbonyl (C=O) groups is 1. The Kier molecular flexibility index (Phi) is 5.05. The molecule has 28 heavy (non-hydrogen) atoms. The van der Waals surface area contributed by atoms with Gasteiger partial charge >= 0.3 is 0 Å². The van der Waals surface area contributed by atoms with Crippen LogP contribution in [0, 0.1) is 13.8 Å². The summed E-state index contributed by atoms with van der Waals surface area (Å²) in [6.45, 7) is 6.54. The minimum absolute atomic E-state index is 0.0151. The molecule has 2 aromatic carbocycles. The Morgan fingerprint density at radius 3 is 2.64 bits per heavy atom. The third-order valence-electron chi connectivity index (χ3n) is 4.81. The number of benzene rings is 2. The molecule has 2 heterocycles. The fourth-order valence-corrected chi connectivity index (χ4v) is 4.09. The van der Waals surface area contributed by atoms with E-state index >= 15 is 0 Å². The number of amides is 1. The van der Waals surface area contributed by atoms with Gasteiger partial charge < -0.3 is 5.32 Å². The molecule has 5 nitrogen and oxygen atoms in total. The Hall–Kier alpha value is -2.86. The third kappa shape index (κ3) is 3.60. The zero-order valence-electron chi connectivity index (χ0n) is 16.1. The zero-order chi connectivity index (χ0) is 19.7. The third-order valence-corrected chi connectivity index (χ3v) is 5.86. The molecule has 1 atom stereocenters. The standard InChI is InChI=1S/C22H22N4OS/c1-14-8-10-17(11-9-14)13-23-21(27)16(3)28-22-25-24-20-12-15(2)18-6-4-5-7-19(18)26(20)22/h4-12,16H,13H2,1-3H3,(H,23,27). The maximum absolute atomic E-state index is 12.6. The first-order chi connectivity index (χ1) is 13.5. The van der Waals surface area contributed by atoms with Crippen molar-refractivity contribution in [1.29, 1.82) is 0 Å². The minimum Gasteiger partial charge on any atom is -0.351 e. The lowest BCUT2D eigenvalue weighted by Gasteiger charge is -2.12. The van der Waals surface area contributed by atoms with Crippen molar-refractivity contribution in [3.63, 3.8) is 0 Å². The van der Waals surface area contributed by atoms with Gasteiger partial charge in [-0.15, -0.1) is 10.2 Å². The van der Waals surface area contributed by atoms with Crippen LogP contribution in [-0.2, 0) is 11.3 Å². The van der Waals surface area contributed by atoms with Crippen LogP contribution in [0.1, 0.15) is 23.6 Å². The van der Waals surface area contributed by atoms with Crippen LogP contribution in [0.4, 0.5) is 0 Å². The molecule has 0 aliphatic rings. The van der Waals surface area contributed by atoms with Gasteiger partial charge in [-0.05, 0) is 44.0 Å². The summed E-state index contributed by atoms with van der Waals surface area (Å²) in [5.41, 5.74) is 5.31. The van der Waals surface area contributed by atoms with E-state index in [1.807, 2.05) is 41.7 Å². The zero-order valence-corrected chi connectivity index (χ0v) is 17.0. The van der Waals surface area contributed by atoms with Crippen molar-refractivity contribution in [1.82, 2.24) is 19.9 Å². The van der Waals surface area contributed by atoms with Crippen molar-refractivity contribution in [2.45, 2.75) is 37.7 Å². The predicted octanol–water partition coefficient (Wildman–Crippen LogP) is 4.30. The number of carbonyl (C=O) groups excluding carboxylic acids is 1. The molecule has 0 spiro atoms. The van der Waals surface area contributed by atoms with Gasteiger partial charge in [0.2, 0.25) is 5.91 Å². The maximum atomic E-state index is 12.6. The van der Waals surface area contributed by atoms with Gasteiger partial charge in [-0.3, -0.25) is 9.20 Å². The molecule has 1 N–H and O–H groups in total. The lowest BCUT2D eigenvalue weighted by Crippen LogP contribution is -2.30. The molecule has 0 fully saturated rings. The highest BCUT2D eigenvalue weighted by atomic mass is 32.2. The molecule has 2 aromatic heterocycles. The summed E-state index contributed by atoms with van der Waals surface area (Å²) in [4.78, 5) is 12.6. The number of para-hydroxylation sites is 1. The predicted molar refractivity (Wildman–Crippen MR) is 114 cm³/mol. The van der Waals surface area contributed by atoms with Crippen molar-refractivity contribution in [3.05, 3.63) is 71.3 Å². The number of hydrogen-bond acceptors (Lipinski definition) is 4. The van der Waals surface area contributed by atoms with Crippen LogP contribution in [0.2, 0.25) is 0 Å². The van der Waals surface area contributed by atoms with Crippen LogP contribution in [0.3, 0.4) is 0 Å². The van der Waals surface area contributed by atoms with Gasteiger partial charge in [-0.1, -0.05) is 59.8 Å². The van der Waals surface area contributed by atoms with Gasteiger partial charge in [0.25, 0.3) is 0 Å².